The van der Waals surface area contributed by atoms with Crippen LogP contribution in [0.5, 0.6) is 0 Å². The molecular formula is C12H10N2O. The number of fused-ring (bicyclic) bond motifs is 3. The van der Waals surface area contributed by atoms with E-state index in [1.807, 2.05) is 6.07 Å². The van der Waals surface area contributed by atoms with E-state index in [2.05, 4.69) is 35.1 Å². The predicted octanol–water partition coefficient (Wildman–Crippen LogP) is 2.77. The summed E-state index contributed by atoms with van der Waals surface area (Å²) in [6.07, 6.45) is 0.829. The first-order valence-corrected chi connectivity index (χ1v) is 4.84. The van der Waals surface area contributed by atoms with E-state index in [1.54, 1.807) is 0 Å². The van der Waals surface area contributed by atoms with Crippen LogP contribution in [0.2, 0.25) is 0 Å². The first-order valence-electron chi connectivity index (χ1n) is 4.84. The molecule has 0 aliphatic rings. The standard InChI is InChI=1S/C12H10N2O/c1-7-2-3-10-9(4-7)12-11(14-10)5-8(6-15)13-12/h2-6,13-14H,1H3. The Morgan fingerprint density at radius 2 is 2.00 bits per heavy atom. The quantitative estimate of drug-likeness (QED) is 0.580. The Kier molecular flexibility index (Phi) is 1.51. The number of hydrogen-bond donors (Lipinski definition) is 2. The van der Waals surface area contributed by atoms with Gasteiger partial charge in [0.05, 0.1) is 16.7 Å². The van der Waals surface area contributed by atoms with Gasteiger partial charge in [-0.1, -0.05) is 11.6 Å². The lowest BCUT2D eigenvalue weighted by atomic mass is 10.2. The van der Waals surface area contributed by atoms with Crippen LogP contribution in [0, 0.1) is 6.92 Å². The van der Waals surface area contributed by atoms with Crippen LogP contribution in [0.1, 0.15) is 16.1 Å². The number of aromatic nitrogens is 2. The molecular weight excluding hydrogens is 188 g/mol. The van der Waals surface area contributed by atoms with E-state index in [0.29, 0.717) is 5.69 Å². The highest BCUT2D eigenvalue weighted by Gasteiger charge is 2.07. The Labute approximate surface area is 86.1 Å². The van der Waals surface area contributed by atoms with Gasteiger partial charge in [0.25, 0.3) is 0 Å². The van der Waals surface area contributed by atoms with Crippen molar-refractivity contribution in [1.82, 2.24) is 9.97 Å². The molecule has 0 spiro atoms. The van der Waals surface area contributed by atoms with Crippen molar-refractivity contribution < 1.29 is 4.79 Å². The van der Waals surface area contributed by atoms with Gasteiger partial charge in [-0.3, -0.25) is 4.79 Å². The number of rotatable bonds is 1. The van der Waals surface area contributed by atoms with Crippen molar-refractivity contribution in [3.8, 4) is 0 Å². The van der Waals surface area contributed by atoms with E-state index >= 15 is 0 Å². The van der Waals surface area contributed by atoms with Gasteiger partial charge in [-0.25, -0.2) is 0 Å². The lowest BCUT2D eigenvalue weighted by Gasteiger charge is -1.92. The molecule has 15 heavy (non-hydrogen) atoms. The van der Waals surface area contributed by atoms with Crippen LogP contribution < -0.4 is 0 Å². The van der Waals surface area contributed by atoms with Gasteiger partial charge >= 0.3 is 0 Å². The number of H-pyrrole nitrogens is 2. The summed E-state index contributed by atoms with van der Waals surface area (Å²) >= 11 is 0. The molecule has 0 saturated carbocycles. The highest BCUT2D eigenvalue weighted by atomic mass is 16.1. The average Bonchev–Trinajstić information content (AvgIpc) is 2.75. The number of aryl methyl sites for hydroxylation is 1. The molecule has 74 valence electrons. The lowest BCUT2D eigenvalue weighted by molar-refractivity contribution is 0.112. The van der Waals surface area contributed by atoms with Gasteiger partial charge in [-0.2, -0.15) is 0 Å². The topological polar surface area (TPSA) is 48.6 Å². The second-order valence-electron chi connectivity index (χ2n) is 3.81. The fourth-order valence-corrected chi connectivity index (χ4v) is 1.97. The number of aldehydes is 1. The lowest BCUT2D eigenvalue weighted by Crippen LogP contribution is -1.77. The van der Waals surface area contributed by atoms with Crippen LogP contribution in [0.25, 0.3) is 21.9 Å². The Balaban J connectivity index is 2.47. The third kappa shape index (κ3) is 1.09. The Morgan fingerprint density at radius 1 is 1.13 bits per heavy atom. The second-order valence-corrected chi connectivity index (χ2v) is 3.81. The summed E-state index contributed by atoms with van der Waals surface area (Å²) < 4.78 is 0. The van der Waals surface area contributed by atoms with Gasteiger partial charge in [0.1, 0.15) is 0 Å². The van der Waals surface area contributed by atoms with Crippen molar-refractivity contribution in [3.63, 3.8) is 0 Å². The van der Waals surface area contributed by atoms with Crippen molar-refractivity contribution in [2.45, 2.75) is 6.92 Å². The number of nitrogens with one attached hydrogen (secondary N) is 2. The molecule has 2 N–H and O–H groups in total. The van der Waals surface area contributed by atoms with E-state index in [9.17, 15) is 4.79 Å². The van der Waals surface area contributed by atoms with Crippen molar-refractivity contribution >= 4 is 28.2 Å². The monoisotopic (exact) mass is 198 g/mol. The molecule has 0 radical (unpaired) electrons. The van der Waals surface area contributed by atoms with Crippen molar-refractivity contribution in [2.75, 3.05) is 0 Å². The van der Waals surface area contributed by atoms with Crippen molar-refractivity contribution in [1.29, 1.82) is 0 Å². The molecule has 0 aliphatic heterocycles. The summed E-state index contributed by atoms with van der Waals surface area (Å²) in [5.74, 6) is 0. The van der Waals surface area contributed by atoms with Crippen LogP contribution in [0.3, 0.4) is 0 Å². The summed E-state index contributed by atoms with van der Waals surface area (Å²) in [4.78, 5) is 17.0. The molecule has 0 bridgehead atoms. The van der Waals surface area contributed by atoms with E-state index in [0.717, 1.165) is 28.2 Å². The second kappa shape index (κ2) is 2.73. The van der Waals surface area contributed by atoms with Crippen LogP contribution in [0.15, 0.2) is 24.3 Å². The minimum atomic E-state index is 0.611. The molecule has 3 heteroatoms. The van der Waals surface area contributed by atoms with E-state index in [-0.39, 0.29) is 0 Å². The summed E-state index contributed by atoms with van der Waals surface area (Å²) in [5, 5.41) is 1.14. The van der Waals surface area contributed by atoms with E-state index < -0.39 is 0 Å². The van der Waals surface area contributed by atoms with Gasteiger partial charge in [-0.05, 0) is 25.1 Å². The average molecular weight is 198 g/mol. The van der Waals surface area contributed by atoms with Crippen LogP contribution in [-0.4, -0.2) is 16.3 Å². The predicted molar refractivity (Wildman–Crippen MR) is 60.3 cm³/mol. The maximum Gasteiger partial charge on any atom is 0.166 e. The number of carbonyl (C=O) groups excluding carboxylic acids is 1. The van der Waals surface area contributed by atoms with Gasteiger partial charge in [0, 0.05) is 10.9 Å². The van der Waals surface area contributed by atoms with Gasteiger partial charge in [0.2, 0.25) is 0 Å². The Bertz CT molecular complexity index is 661. The SMILES string of the molecule is Cc1ccc2[nH]c3cc(C=O)[nH]c3c2c1. The Morgan fingerprint density at radius 3 is 2.80 bits per heavy atom. The zero-order valence-corrected chi connectivity index (χ0v) is 8.29. The van der Waals surface area contributed by atoms with Crippen LogP contribution >= 0.6 is 0 Å². The Hall–Kier alpha value is -2.03. The molecule has 0 amide bonds. The summed E-state index contributed by atoms with van der Waals surface area (Å²) in [7, 11) is 0. The maximum absolute atomic E-state index is 10.6. The summed E-state index contributed by atoms with van der Waals surface area (Å²) in [5.41, 5.74) is 4.91. The minimum absolute atomic E-state index is 0.611. The fraction of sp³-hybridized carbons (Fsp3) is 0.0833. The third-order valence-electron chi connectivity index (χ3n) is 2.68. The van der Waals surface area contributed by atoms with Gasteiger partial charge in [0.15, 0.2) is 6.29 Å². The molecule has 0 atom stereocenters. The van der Waals surface area contributed by atoms with Crippen molar-refractivity contribution in [2.24, 2.45) is 0 Å². The number of aromatic amines is 2. The number of carbonyl (C=O) groups is 1. The number of hydrogen-bond acceptors (Lipinski definition) is 1. The molecule has 0 unspecified atom stereocenters. The molecule has 3 rings (SSSR count). The zero-order valence-electron chi connectivity index (χ0n) is 8.29. The molecule has 0 aliphatic carbocycles. The number of benzene rings is 1. The van der Waals surface area contributed by atoms with Crippen molar-refractivity contribution in [3.05, 3.63) is 35.5 Å². The van der Waals surface area contributed by atoms with Gasteiger partial charge in [-0.15, -0.1) is 0 Å². The molecule has 0 saturated heterocycles. The maximum atomic E-state index is 10.6. The molecule has 2 aromatic heterocycles. The first kappa shape index (κ1) is 8.29. The molecule has 3 nitrogen and oxygen atoms in total. The summed E-state index contributed by atoms with van der Waals surface area (Å²) in [6, 6.07) is 8.06. The molecule has 1 aromatic carbocycles. The minimum Gasteiger partial charge on any atom is -0.353 e. The van der Waals surface area contributed by atoms with E-state index in [1.165, 1.54) is 5.56 Å². The highest BCUT2D eigenvalue weighted by molar-refractivity contribution is 6.07. The van der Waals surface area contributed by atoms with Crippen LogP contribution in [-0.2, 0) is 0 Å². The first-order chi connectivity index (χ1) is 7.28. The summed E-state index contributed by atoms with van der Waals surface area (Å²) in [6.45, 7) is 2.06. The molecule has 2 heterocycles. The van der Waals surface area contributed by atoms with E-state index in [4.69, 9.17) is 0 Å². The molecule has 3 aromatic rings. The normalized spacial score (nSPS) is 11.3. The molecule has 0 fully saturated rings. The fourth-order valence-electron chi connectivity index (χ4n) is 1.97. The third-order valence-corrected chi connectivity index (χ3v) is 2.68. The van der Waals surface area contributed by atoms with Crippen LogP contribution in [0.4, 0.5) is 0 Å². The highest BCUT2D eigenvalue weighted by Crippen LogP contribution is 2.25. The zero-order chi connectivity index (χ0) is 10.4. The largest absolute Gasteiger partial charge is 0.353 e. The smallest absolute Gasteiger partial charge is 0.166 e. The van der Waals surface area contributed by atoms with Gasteiger partial charge < -0.3 is 9.97 Å².